The summed E-state index contributed by atoms with van der Waals surface area (Å²) < 4.78 is 11.0. The molecule has 0 saturated carbocycles. The summed E-state index contributed by atoms with van der Waals surface area (Å²) >= 11 is 0. The van der Waals surface area contributed by atoms with Crippen molar-refractivity contribution >= 4 is 0 Å². The van der Waals surface area contributed by atoms with E-state index in [0.717, 1.165) is 37.6 Å². The largest absolute Gasteiger partial charge is 0.490 e. The highest BCUT2D eigenvalue weighted by atomic mass is 16.5. The summed E-state index contributed by atoms with van der Waals surface area (Å²) in [6.07, 6.45) is 2.16. The van der Waals surface area contributed by atoms with Crippen LogP contribution in [-0.4, -0.2) is 13.2 Å². The topological polar surface area (TPSA) is 18.5 Å². The summed E-state index contributed by atoms with van der Waals surface area (Å²) in [5.74, 6) is 1.74. The monoisotopic (exact) mass is 164 g/mol. The summed E-state index contributed by atoms with van der Waals surface area (Å²) in [5.41, 5.74) is 0. The molecule has 0 aliphatic carbocycles. The van der Waals surface area contributed by atoms with Crippen LogP contribution in [0.15, 0.2) is 24.3 Å². The van der Waals surface area contributed by atoms with Gasteiger partial charge in [0.15, 0.2) is 11.5 Å². The lowest BCUT2D eigenvalue weighted by Crippen LogP contribution is -2.07. The van der Waals surface area contributed by atoms with Crippen LogP contribution in [0.1, 0.15) is 12.8 Å². The maximum Gasteiger partial charge on any atom is 0.161 e. The molecule has 1 aliphatic heterocycles. The lowest BCUT2D eigenvalue weighted by molar-refractivity contribution is 0.223. The Morgan fingerprint density at radius 1 is 0.833 bits per heavy atom. The van der Waals surface area contributed by atoms with Crippen LogP contribution in [0, 0.1) is 0 Å². The summed E-state index contributed by atoms with van der Waals surface area (Å²) in [4.78, 5) is 0. The lowest BCUT2D eigenvalue weighted by Gasteiger charge is -2.15. The van der Waals surface area contributed by atoms with Crippen molar-refractivity contribution in [2.75, 3.05) is 13.2 Å². The van der Waals surface area contributed by atoms with Crippen LogP contribution in [0.2, 0.25) is 0 Å². The van der Waals surface area contributed by atoms with Crippen molar-refractivity contribution in [1.29, 1.82) is 0 Å². The number of hydrogen-bond acceptors (Lipinski definition) is 2. The third-order valence-corrected chi connectivity index (χ3v) is 1.90. The van der Waals surface area contributed by atoms with Crippen LogP contribution in [0.25, 0.3) is 0 Å². The molecule has 0 unspecified atom stereocenters. The van der Waals surface area contributed by atoms with Gasteiger partial charge in [0, 0.05) is 0 Å². The van der Waals surface area contributed by atoms with E-state index in [9.17, 15) is 0 Å². The van der Waals surface area contributed by atoms with Crippen molar-refractivity contribution in [1.82, 2.24) is 0 Å². The SMILES string of the molecule is c1ccc2c(c1)OCCCCO2. The van der Waals surface area contributed by atoms with Gasteiger partial charge >= 0.3 is 0 Å². The first-order valence-electron chi connectivity index (χ1n) is 4.31. The van der Waals surface area contributed by atoms with Gasteiger partial charge in [0.05, 0.1) is 13.2 Å². The Morgan fingerprint density at radius 2 is 1.33 bits per heavy atom. The first-order chi connectivity index (χ1) is 5.97. The second-order valence-electron chi connectivity index (χ2n) is 2.85. The minimum atomic E-state index is 0.806. The zero-order chi connectivity index (χ0) is 8.23. The number of benzene rings is 1. The van der Waals surface area contributed by atoms with Gasteiger partial charge in [-0.3, -0.25) is 0 Å². The van der Waals surface area contributed by atoms with Crippen molar-refractivity contribution in [2.24, 2.45) is 0 Å². The zero-order valence-corrected chi connectivity index (χ0v) is 6.95. The summed E-state index contributed by atoms with van der Waals surface area (Å²) in [6, 6.07) is 7.81. The van der Waals surface area contributed by atoms with Gasteiger partial charge in [-0.2, -0.15) is 0 Å². The molecule has 2 nitrogen and oxygen atoms in total. The van der Waals surface area contributed by atoms with Crippen molar-refractivity contribution in [2.45, 2.75) is 12.8 Å². The molecule has 12 heavy (non-hydrogen) atoms. The summed E-state index contributed by atoms with van der Waals surface area (Å²) in [5, 5.41) is 0. The number of rotatable bonds is 0. The first kappa shape index (κ1) is 7.47. The fourth-order valence-corrected chi connectivity index (χ4v) is 1.26. The molecule has 0 fully saturated rings. The van der Waals surface area contributed by atoms with E-state index in [0.29, 0.717) is 0 Å². The highest BCUT2D eigenvalue weighted by molar-refractivity contribution is 5.39. The molecule has 1 aliphatic rings. The second kappa shape index (κ2) is 3.48. The fourth-order valence-electron chi connectivity index (χ4n) is 1.26. The Labute approximate surface area is 72.1 Å². The molecule has 0 N–H and O–H groups in total. The number of hydrogen-bond donors (Lipinski definition) is 0. The highest BCUT2D eigenvalue weighted by Gasteiger charge is 2.06. The lowest BCUT2D eigenvalue weighted by atomic mass is 10.3. The minimum absolute atomic E-state index is 0.806. The van der Waals surface area contributed by atoms with Gasteiger partial charge in [0.2, 0.25) is 0 Å². The fraction of sp³-hybridized carbons (Fsp3) is 0.400. The maximum atomic E-state index is 5.50. The average molecular weight is 164 g/mol. The van der Waals surface area contributed by atoms with Crippen LogP contribution in [0.5, 0.6) is 11.5 Å². The van der Waals surface area contributed by atoms with Crippen molar-refractivity contribution in [3.05, 3.63) is 24.3 Å². The van der Waals surface area contributed by atoms with Gasteiger partial charge in [0.25, 0.3) is 0 Å². The quantitative estimate of drug-likeness (QED) is 0.585. The molecule has 2 heteroatoms. The smallest absolute Gasteiger partial charge is 0.161 e. The first-order valence-corrected chi connectivity index (χ1v) is 4.31. The summed E-state index contributed by atoms with van der Waals surface area (Å²) in [7, 11) is 0. The van der Waals surface area contributed by atoms with Crippen molar-refractivity contribution in [3.8, 4) is 11.5 Å². The van der Waals surface area contributed by atoms with E-state index in [-0.39, 0.29) is 0 Å². The van der Waals surface area contributed by atoms with E-state index in [2.05, 4.69) is 0 Å². The zero-order valence-electron chi connectivity index (χ0n) is 6.95. The van der Waals surface area contributed by atoms with Crippen molar-refractivity contribution in [3.63, 3.8) is 0 Å². The predicted molar refractivity (Wildman–Crippen MR) is 46.7 cm³/mol. The third kappa shape index (κ3) is 1.52. The molecular weight excluding hydrogens is 152 g/mol. The van der Waals surface area contributed by atoms with Gasteiger partial charge in [-0.25, -0.2) is 0 Å². The van der Waals surface area contributed by atoms with E-state index in [1.807, 2.05) is 24.3 Å². The van der Waals surface area contributed by atoms with E-state index in [1.165, 1.54) is 0 Å². The molecule has 1 aromatic carbocycles. The van der Waals surface area contributed by atoms with Gasteiger partial charge in [0.1, 0.15) is 0 Å². The molecule has 1 heterocycles. The van der Waals surface area contributed by atoms with E-state index >= 15 is 0 Å². The minimum Gasteiger partial charge on any atom is -0.490 e. The van der Waals surface area contributed by atoms with Crippen LogP contribution in [0.3, 0.4) is 0 Å². The predicted octanol–water partition coefficient (Wildman–Crippen LogP) is 2.24. The Morgan fingerprint density at radius 3 is 1.83 bits per heavy atom. The van der Waals surface area contributed by atoms with E-state index in [1.54, 1.807) is 0 Å². The summed E-state index contributed by atoms with van der Waals surface area (Å²) in [6.45, 7) is 1.61. The molecular formula is C10H12O2. The molecule has 0 radical (unpaired) electrons. The van der Waals surface area contributed by atoms with Crippen LogP contribution >= 0.6 is 0 Å². The molecule has 0 saturated heterocycles. The molecule has 0 bridgehead atoms. The van der Waals surface area contributed by atoms with Crippen molar-refractivity contribution < 1.29 is 9.47 Å². The highest BCUT2D eigenvalue weighted by Crippen LogP contribution is 2.27. The van der Waals surface area contributed by atoms with Gasteiger partial charge in [-0.15, -0.1) is 0 Å². The van der Waals surface area contributed by atoms with E-state index in [4.69, 9.17) is 9.47 Å². The third-order valence-electron chi connectivity index (χ3n) is 1.90. The Bertz CT molecular complexity index is 231. The Balaban J connectivity index is 2.24. The molecule has 0 atom stereocenters. The second-order valence-corrected chi connectivity index (χ2v) is 2.85. The standard InChI is InChI=1S/C10H12O2/c1-2-6-10-9(5-1)11-7-3-4-8-12-10/h1-2,5-6H,3-4,7-8H2. The molecule has 1 aromatic rings. The number of ether oxygens (including phenoxy) is 2. The van der Waals surface area contributed by atoms with Crippen LogP contribution in [-0.2, 0) is 0 Å². The van der Waals surface area contributed by atoms with Gasteiger partial charge in [-0.05, 0) is 25.0 Å². The van der Waals surface area contributed by atoms with Crippen LogP contribution in [0.4, 0.5) is 0 Å². The molecule has 0 amide bonds. The van der Waals surface area contributed by atoms with Gasteiger partial charge in [-0.1, -0.05) is 12.1 Å². The van der Waals surface area contributed by atoms with Crippen LogP contribution < -0.4 is 9.47 Å². The normalized spacial score (nSPS) is 16.3. The molecule has 2 rings (SSSR count). The Hall–Kier alpha value is -1.18. The average Bonchev–Trinajstić information content (AvgIpc) is 2.06. The van der Waals surface area contributed by atoms with Gasteiger partial charge < -0.3 is 9.47 Å². The maximum absolute atomic E-state index is 5.50. The Kier molecular flexibility index (Phi) is 2.16. The van der Waals surface area contributed by atoms with E-state index < -0.39 is 0 Å². The number of fused-ring (bicyclic) bond motifs is 1. The number of para-hydroxylation sites is 2. The molecule has 0 spiro atoms. The molecule has 64 valence electrons. The molecule has 0 aromatic heterocycles.